The number of carbonyl (C=O) groups is 1. The number of carbonyl (C=O) groups excluding carboxylic acids is 1. The summed E-state index contributed by atoms with van der Waals surface area (Å²) in [7, 11) is 0. The molecule has 12 heavy (non-hydrogen) atoms. The molecule has 0 saturated heterocycles. The van der Waals surface area contributed by atoms with E-state index in [1.54, 1.807) is 23.7 Å². The standard InChI is InChI=1S/C4H4N2O.C4H4S/c7-4-6-2-1-5-3-6;1-2-4-5-3-1/h1-4H;1-4H. The van der Waals surface area contributed by atoms with Crippen LogP contribution in [0.3, 0.4) is 0 Å². The van der Waals surface area contributed by atoms with E-state index in [2.05, 4.69) is 4.98 Å². The molecule has 0 spiro atoms. The molecule has 2 aromatic rings. The highest BCUT2D eigenvalue weighted by Crippen LogP contribution is 1.91. The fraction of sp³-hybridized carbons (Fsp3) is 0. The first-order valence-electron chi connectivity index (χ1n) is 3.33. The van der Waals surface area contributed by atoms with Crippen LogP contribution in [0.25, 0.3) is 0 Å². The van der Waals surface area contributed by atoms with Gasteiger partial charge in [0.1, 0.15) is 6.33 Å². The van der Waals surface area contributed by atoms with Crippen molar-refractivity contribution in [1.29, 1.82) is 0 Å². The molecule has 0 amide bonds. The molecule has 0 aromatic carbocycles. The molecule has 0 aliphatic heterocycles. The second-order valence-corrected chi connectivity index (χ2v) is 2.72. The third-order valence-electron chi connectivity index (χ3n) is 1.07. The maximum Gasteiger partial charge on any atom is 0.218 e. The zero-order valence-electron chi connectivity index (χ0n) is 6.33. The summed E-state index contributed by atoms with van der Waals surface area (Å²) in [5, 5.41) is 4.08. The topological polar surface area (TPSA) is 34.9 Å². The number of nitrogens with zero attached hydrogens (tertiary/aromatic N) is 2. The molecule has 0 unspecified atom stereocenters. The Morgan fingerprint density at radius 2 is 2.08 bits per heavy atom. The summed E-state index contributed by atoms with van der Waals surface area (Å²) in [5.74, 6) is 0. The molecule has 2 heterocycles. The summed E-state index contributed by atoms with van der Waals surface area (Å²) in [6.45, 7) is 0. The number of imidazole rings is 1. The van der Waals surface area contributed by atoms with Gasteiger partial charge in [0, 0.05) is 12.4 Å². The molecule has 0 N–H and O–H groups in total. The van der Waals surface area contributed by atoms with Gasteiger partial charge in [0.25, 0.3) is 0 Å². The monoisotopic (exact) mass is 180 g/mol. The third-order valence-corrected chi connectivity index (χ3v) is 1.70. The summed E-state index contributed by atoms with van der Waals surface area (Å²) in [6, 6.07) is 4.04. The molecule has 2 aromatic heterocycles. The Hall–Kier alpha value is -1.42. The Morgan fingerprint density at radius 3 is 2.33 bits per heavy atom. The van der Waals surface area contributed by atoms with Crippen LogP contribution in [0.4, 0.5) is 0 Å². The SMILES string of the molecule is O=Cn1ccnc1.c1ccsc1. The molecule has 4 heteroatoms. The van der Waals surface area contributed by atoms with Crippen molar-refractivity contribution >= 4 is 17.7 Å². The Balaban J connectivity index is 0.000000127. The molecule has 0 bridgehead atoms. The minimum absolute atomic E-state index is 0.688. The number of aromatic nitrogens is 2. The van der Waals surface area contributed by atoms with Crippen LogP contribution in [0.5, 0.6) is 0 Å². The molecule has 3 nitrogen and oxygen atoms in total. The van der Waals surface area contributed by atoms with E-state index in [4.69, 9.17) is 0 Å². The van der Waals surface area contributed by atoms with E-state index in [-0.39, 0.29) is 0 Å². The summed E-state index contributed by atoms with van der Waals surface area (Å²) < 4.78 is 1.33. The summed E-state index contributed by atoms with van der Waals surface area (Å²) in [6.07, 6.45) is 5.25. The number of hydrogen-bond donors (Lipinski definition) is 0. The van der Waals surface area contributed by atoms with Crippen molar-refractivity contribution in [3.8, 4) is 0 Å². The molecule has 0 fully saturated rings. The van der Waals surface area contributed by atoms with Crippen LogP contribution in [0.1, 0.15) is 0 Å². The Bertz CT molecular complexity index is 271. The number of rotatable bonds is 1. The zero-order valence-corrected chi connectivity index (χ0v) is 7.15. The second-order valence-electron chi connectivity index (χ2n) is 1.91. The van der Waals surface area contributed by atoms with Crippen LogP contribution in [0.2, 0.25) is 0 Å². The largest absolute Gasteiger partial charge is 0.279 e. The van der Waals surface area contributed by atoms with E-state index >= 15 is 0 Å². The van der Waals surface area contributed by atoms with E-state index < -0.39 is 0 Å². The molecule has 0 aliphatic carbocycles. The van der Waals surface area contributed by atoms with Crippen LogP contribution < -0.4 is 0 Å². The van der Waals surface area contributed by atoms with Crippen molar-refractivity contribution in [2.24, 2.45) is 0 Å². The van der Waals surface area contributed by atoms with Gasteiger partial charge in [-0.3, -0.25) is 9.36 Å². The fourth-order valence-corrected chi connectivity index (χ4v) is 1.01. The lowest BCUT2D eigenvalue weighted by molar-refractivity contribution is 0.547. The van der Waals surface area contributed by atoms with Crippen LogP contribution in [-0.4, -0.2) is 16.0 Å². The minimum atomic E-state index is 0.688. The maximum atomic E-state index is 9.79. The quantitative estimate of drug-likeness (QED) is 0.626. The zero-order chi connectivity index (χ0) is 8.65. The van der Waals surface area contributed by atoms with Gasteiger partial charge in [0.05, 0.1) is 0 Å². The summed E-state index contributed by atoms with van der Waals surface area (Å²) in [5.41, 5.74) is 0. The minimum Gasteiger partial charge on any atom is -0.279 e. The van der Waals surface area contributed by atoms with Gasteiger partial charge in [-0.15, -0.1) is 0 Å². The highest BCUT2D eigenvalue weighted by Gasteiger charge is 1.76. The van der Waals surface area contributed by atoms with Gasteiger partial charge in [0.2, 0.25) is 6.41 Å². The van der Waals surface area contributed by atoms with Gasteiger partial charge in [-0.1, -0.05) is 12.1 Å². The van der Waals surface area contributed by atoms with E-state index in [9.17, 15) is 4.79 Å². The van der Waals surface area contributed by atoms with Crippen LogP contribution in [-0.2, 0) is 4.79 Å². The maximum absolute atomic E-state index is 9.79. The van der Waals surface area contributed by atoms with E-state index in [1.807, 2.05) is 22.9 Å². The van der Waals surface area contributed by atoms with Crippen LogP contribution in [0, 0.1) is 0 Å². The molecular formula is C8H8N2OS. The molecule has 0 aliphatic rings. The predicted molar refractivity (Wildman–Crippen MR) is 48.7 cm³/mol. The number of hydrogen-bond acceptors (Lipinski definition) is 3. The summed E-state index contributed by atoms with van der Waals surface area (Å²) >= 11 is 1.71. The Labute approximate surface area is 74.3 Å². The normalized spacial score (nSPS) is 8.33. The third kappa shape index (κ3) is 3.12. The molecule has 0 saturated carbocycles. The highest BCUT2D eigenvalue weighted by molar-refractivity contribution is 7.07. The smallest absolute Gasteiger partial charge is 0.218 e. The molecular weight excluding hydrogens is 172 g/mol. The molecule has 0 radical (unpaired) electrons. The van der Waals surface area contributed by atoms with Gasteiger partial charge in [-0.2, -0.15) is 11.3 Å². The van der Waals surface area contributed by atoms with Gasteiger partial charge in [-0.05, 0) is 10.8 Å². The first-order valence-corrected chi connectivity index (χ1v) is 4.27. The van der Waals surface area contributed by atoms with E-state index in [1.165, 1.54) is 10.9 Å². The van der Waals surface area contributed by atoms with Crippen molar-refractivity contribution in [1.82, 2.24) is 9.55 Å². The predicted octanol–water partition coefficient (Wildman–Crippen LogP) is 1.67. The lowest BCUT2D eigenvalue weighted by atomic mass is 10.7. The average Bonchev–Trinajstić information content (AvgIpc) is 2.81. The Morgan fingerprint density at radius 1 is 1.33 bits per heavy atom. The van der Waals surface area contributed by atoms with Crippen molar-refractivity contribution in [2.75, 3.05) is 0 Å². The first-order chi connectivity index (χ1) is 5.93. The van der Waals surface area contributed by atoms with Crippen molar-refractivity contribution in [3.63, 3.8) is 0 Å². The van der Waals surface area contributed by atoms with Gasteiger partial charge in [0.15, 0.2) is 0 Å². The van der Waals surface area contributed by atoms with E-state index in [0.717, 1.165) is 0 Å². The first kappa shape index (κ1) is 8.67. The second kappa shape index (κ2) is 5.26. The number of thiophene rings is 1. The van der Waals surface area contributed by atoms with Crippen molar-refractivity contribution in [2.45, 2.75) is 0 Å². The van der Waals surface area contributed by atoms with Gasteiger partial charge in [-0.25, -0.2) is 4.98 Å². The van der Waals surface area contributed by atoms with Crippen molar-refractivity contribution < 1.29 is 4.79 Å². The highest BCUT2D eigenvalue weighted by atomic mass is 32.1. The average molecular weight is 180 g/mol. The van der Waals surface area contributed by atoms with Crippen LogP contribution in [0.15, 0.2) is 41.6 Å². The van der Waals surface area contributed by atoms with Crippen molar-refractivity contribution in [3.05, 3.63) is 41.6 Å². The van der Waals surface area contributed by atoms with E-state index in [0.29, 0.717) is 6.41 Å². The lowest BCUT2D eigenvalue weighted by Crippen LogP contribution is -1.86. The van der Waals surface area contributed by atoms with Gasteiger partial charge >= 0.3 is 0 Å². The lowest BCUT2D eigenvalue weighted by Gasteiger charge is -1.75. The Kier molecular flexibility index (Phi) is 3.80. The fourth-order valence-electron chi connectivity index (χ4n) is 0.559. The van der Waals surface area contributed by atoms with Crippen LogP contribution >= 0.6 is 11.3 Å². The molecule has 0 atom stereocenters. The molecule has 2 rings (SSSR count). The summed E-state index contributed by atoms with van der Waals surface area (Å²) in [4.78, 5) is 13.4. The molecule has 62 valence electrons. The van der Waals surface area contributed by atoms with Gasteiger partial charge < -0.3 is 0 Å².